The number of phenolic OH excluding ortho intramolecular Hbond substituents is 1. The molecule has 2 heterocycles. The van der Waals surface area contributed by atoms with Crippen LogP contribution in [0.1, 0.15) is 12.5 Å². The predicted molar refractivity (Wildman–Crippen MR) is 96.4 cm³/mol. The van der Waals surface area contributed by atoms with Crippen LogP contribution in [0.5, 0.6) is 11.5 Å². The van der Waals surface area contributed by atoms with Crippen molar-refractivity contribution in [1.82, 2.24) is 9.80 Å². The van der Waals surface area contributed by atoms with E-state index in [1.54, 1.807) is 24.3 Å². The van der Waals surface area contributed by atoms with E-state index in [1.807, 2.05) is 0 Å². The molecular formula is C17H21N3O3S. The first kappa shape index (κ1) is 16.9. The number of amides is 1. The van der Waals surface area contributed by atoms with Crippen LogP contribution >= 0.6 is 11.8 Å². The molecule has 0 unspecified atom stereocenters. The monoisotopic (exact) mass is 347 g/mol. The Morgan fingerprint density at radius 3 is 2.75 bits per heavy atom. The highest BCUT2D eigenvalue weighted by Gasteiger charge is 2.28. The Morgan fingerprint density at radius 1 is 1.33 bits per heavy atom. The number of amidine groups is 1. The van der Waals surface area contributed by atoms with E-state index < -0.39 is 0 Å². The maximum atomic E-state index is 12.2. The number of benzene rings is 1. The number of likely N-dealkylation sites (N-methyl/N-ethyl adjacent to an activating group) is 1. The molecule has 3 rings (SSSR count). The Morgan fingerprint density at radius 2 is 2.08 bits per heavy atom. The third-order valence-corrected chi connectivity index (χ3v) is 5.25. The number of nitrogens with zero attached hydrogens (tertiary/aromatic N) is 3. The number of piperazine rings is 1. The number of thioether (sulfide) groups is 1. The minimum atomic E-state index is -0.208. The van der Waals surface area contributed by atoms with E-state index in [4.69, 9.17) is 4.74 Å². The highest BCUT2D eigenvalue weighted by Crippen LogP contribution is 2.33. The van der Waals surface area contributed by atoms with Gasteiger partial charge in [-0.25, -0.2) is 0 Å². The number of carbonyl (C=O) groups is 1. The van der Waals surface area contributed by atoms with Crippen LogP contribution in [0.4, 0.5) is 0 Å². The molecule has 0 saturated carbocycles. The van der Waals surface area contributed by atoms with Crippen molar-refractivity contribution >= 4 is 28.9 Å². The number of rotatable bonds is 3. The van der Waals surface area contributed by atoms with Crippen LogP contribution in [0.2, 0.25) is 0 Å². The first-order valence-electron chi connectivity index (χ1n) is 7.97. The Labute approximate surface area is 145 Å². The smallest absolute Gasteiger partial charge is 0.286 e. The molecule has 1 amide bonds. The molecule has 1 N–H and O–H groups in total. The van der Waals surface area contributed by atoms with Crippen molar-refractivity contribution in [3.8, 4) is 11.5 Å². The van der Waals surface area contributed by atoms with Crippen molar-refractivity contribution < 1.29 is 14.6 Å². The maximum Gasteiger partial charge on any atom is 0.286 e. The number of carbonyl (C=O) groups excluding carboxylic acids is 1. The summed E-state index contributed by atoms with van der Waals surface area (Å²) in [5.74, 6) is 0.257. The van der Waals surface area contributed by atoms with Gasteiger partial charge in [-0.05, 0) is 42.1 Å². The summed E-state index contributed by atoms with van der Waals surface area (Å²) in [6, 6.07) is 5.01. The summed E-state index contributed by atoms with van der Waals surface area (Å²) >= 11 is 1.41. The molecule has 2 aliphatic rings. The standard InChI is InChI=1S/C17H21N3O3S/c1-3-19-6-8-20(9-7-19)17-18-16(22)15(24-17)11-12-4-5-13(21)14(10-12)23-2/h4-5,10-11,21H,3,6-9H2,1-2H3/b15-11+. The van der Waals surface area contributed by atoms with E-state index in [9.17, 15) is 9.90 Å². The summed E-state index contributed by atoms with van der Waals surface area (Å²) in [6.45, 7) is 7.01. The van der Waals surface area contributed by atoms with Gasteiger partial charge >= 0.3 is 0 Å². The second kappa shape index (κ2) is 7.27. The number of ether oxygens (including phenoxy) is 1. The Hall–Kier alpha value is -1.99. The van der Waals surface area contributed by atoms with Gasteiger partial charge in [-0.3, -0.25) is 4.79 Å². The lowest BCUT2D eigenvalue weighted by atomic mass is 10.2. The molecular weight excluding hydrogens is 326 g/mol. The van der Waals surface area contributed by atoms with Gasteiger partial charge < -0.3 is 19.6 Å². The molecule has 1 aromatic rings. The molecule has 1 aromatic carbocycles. The number of hydrogen-bond acceptors (Lipinski definition) is 6. The zero-order valence-electron chi connectivity index (χ0n) is 13.9. The lowest BCUT2D eigenvalue weighted by molar-refractivity contribution is -0.113. The summed E-state index contributed by atoms with van der Waals surface area (Å²) in [4.78, 5) is 21.5. The molecule has 1 saturated heterocycles. The summed E-state index contributed by atoms with van der Waals surface area (Å²) in [5.41, 5.74) is 0.799. The van der Waals surface area contributed by atoms with Crippen molar-refractivity contribution in [1.29, 1.82) is 0 Å². The SMILES string of the molecule is CCN1CCN(C2=NC(=O)/C(=C\c3ccc(O)c(OC)c3)S2)CC1. The summed E-state index contributed by atoms with van der Waals surface area (Å²) in [7, 11) is 1.50. The van der Waals surface area contributed by atoms with Gasteiger partial charge in [-0.2, -0.15) is 4.99 Å². The van der Waals surface area contributed by atoms with Crippen molar-refractivity contribution in [2.24, 2.45) is 4.99 Å². The molecule has 6 nitrogen and oxygen atoms in total. The lowest BCUT2D eigenvalue weighted by Crippen LogP contribution is -2.47. The lowest BCUT2D eigenvalue weighted by Gasteiger charge is -2.34. The molecule has 24 heavy (non-hydrogen) atoms. The molecule has 0 aromatic heterocycles. The van der Waals surface area contributed by atoms with E-state index in [2.05, 4.69) is 21.7 Å². The third-order valence-electron chi connectivity index (χ3n) is 4.20. The van der Waals surface area contributed by atoms with E-state index >= 15 is 0 Å². The van der Waals surface area contributed by atoms with Crippen LogP contribution in [0, 0.1) is 0 Å². The molecule has 0 radical (unpaired) electrons. The van der Waals surface area contributed by atoms with Gasteiger partial charge in [0, 0.05) is 26.2 Å². The first-order valence-corrected chi connectivity index (χ1v) is 8.79. The van der Waals surface area contributed by atoms with Crippen molar-refractivity contribution in [2.75, 3.05) is 39.8 Å². The van der Waals surface area contributed by atoms with Crippen LogP contribution in [0.25, 0.3) is 6.08 Å². The van der Waals surface area contributed by atoms with Crippen LogP contribution < -0.4 is 4.74 Å². The summed E-state index contributed by atoms with van der Waals surface area (Å²) in [6.07, 6.45) is 1.79. The molecule has 128 valence electrons. The maximum absolute atomic E-state index is 12.2. The molecule has 0 bridgehead atoms. The van der Waals surface area contributed by atoms with Gasteiger partial charge in [0.25, 0.3) is 5.91 Å². The quantitative estimate of drug-likeness (QED) is 0.844. The fourth-order valence-corrected chi connectivity index (χ4v) is 3.69. The van der Waals surface area contributed by atoms with E-state index in [1.165, 1.54) is 18.9 Å². The molecule has 1 fully saturated rings. The number of aromatic hydroxyl groups is 1. The highest BCUT2D eigenvalue weighted by molar-refractivity contribution is 8.18. The van der Waals surface area contributed by atoms with Crippen molar-refractivity contribution in [3.05, 3.63) is 28.7 Å². The minimum absolute atomic E-state index is 0.0794. The first-order chi connectivity index (χ1) is 11.6. The van der Waals surface area contributed by atoms with Gasteiger partial charge in [0.05, 0.1) is 12.0 Å². The van der Waals surface area contributed by atoms with Crippen LogP contribution in [-0.4, -0.2) is 65.8 Å². The molecule has 7 heteroatoms. The van der Waals surface area contributed by atoms with Crippen molar-refractivity contribution in [2.45, 2.75) is 6.92 Å². The van der Waals surface area contributed by atoms with Crippen LogP contribution in [-0.2, 0) is 4.79 Å². The van der Waals surface area contributed by atoms with E-state index in [0.717, 1.165) is 43.5 Å². The summed E-state index contributed by atoms with van der Waals surface area (Å²) < 4.78 is 5.10. The molecule has 2 aliphatic heterocycles. The second-order valence-electron chi connectivity index (χ2n) is 5.66. The molecule has 0 atom stereocenters. The van der Waals surface area contributed by atoms with Crippen LogP contribution in [0.15, 0.2) is 28.1 Å². The predicted octanol–water partition coefficient (Wildman–Crippen LogP) is 2.01. The Bertz CT molecular complexity index is 694. The van der Waals surface area contributed by atoms with Gasteiger partial charge in [-0.1, -0.05) is 13.0 Å². The number of phenols is 1. The topological polar surface area (TPSA) is 65.4 Å². The second-order valence-corrected chi connectivity index (χ2v) is 6.67. The van der Waals surface area contributed by atoms with Crippen molar-refractivity contribution in [3.63, 3.8) is 0 Å². The zero-order chi connectivity index (χ0) is 17.1. The van der Waals surface area contributed by atoms with Gasteiger partial charge in [0.2, 0.25) is 0 Å². The number of aliphatic imine (C=N–C) groups is 1. The number of methoxy groups -OCH3 is 1. The Balaban J connectivity index is 1.71. The largest absolute Gasteiger partial charge is 0.504 e. The average molecular weight is 347 g/mol. The highest BCUT2D eigenvalue weighted by atomic mass is 32.2. The van der Waals surface area contributed by atoms with Gasteiger partial charge in [0.15, 0.2) is 16.7 Å². The minimum Gasteiger partial charge on any atom is -0.504 e. The van der Waals surface area contributed by atoms with Crippen LogP contribution in [0.3, 0.4) is 0 Å². The molecule has 0 aliphatic carbocycles. The third kappa shape index (κ3) is 3.57. The Kier molecular flexibility index (Phi) is 5.11. The van der Waals surface area contributed by atoms with Gasteiger partial charge in [0.1, 0.15) is 0 Å². The van der Waals surface area contributed by atoms with E-state index in [-0.39, 0.29) is 11.7 Å². The normalized spacial score (nSPS) is 20.6. The number of hydrogen-bond donors (Lipinski definition) is 1. The van der Waals surface area contributed by atoms with E-state index in [0.29, 0.717) is 10.7 Å². The molecule has 0 spiro atoms. The fourth-order valence-electron chi connectivity index (χ4n) is 2.72. The summed E-state index contributed by atoms with van der Waals surface area (Å²) in [5, 5.41) is 10.4. The fraction of sp³-hybridized carbons (Fsp3) is 0.412. The zero-order valence-corrected chi connectivity index (χ0v) is 14.7. The average Bonchev–Trinajstić information content (AvgIpc) is 2.97. The van der Waals surface area contributed by atoms with Gasteiger partial charge in [-0.15, -0.1) is 0 Å².